The Bertz CT molecular complexity index is 681. The van der Waals surface area contributed by atoms with Crippen LogP contribution < -0.4 is 5.32 Å². The van der Waals surface area contributed by atoms with Gasteiger partial charge >= 0.3 is 5.97 Å². The molecule has 1 amide bonds. The van der Waals surface area contributed by atoms with Crippen LogP contribution in [0.3, 0.4) is 0 Å². The van der Waals surface area contributed by atoms with E-state index in [0.29, 0.717) is 5.69 Å². The molecule has 1 aromatic carbocycles. The topological polar surface area (TPSA) is 81.4 Å². The fourth-order valence-corrected chi connectivity index (χ4v) is 2.19. The molecule has 0 spiro atoms. The van der Waals surface area contributed by atoms with E-state index in [9.17, 15) is 9.59 Å². The fraction of sp³-hybridized carbons (Fsp3) is 0.389. The second kappa shape index (κ2) is 8.29. The van der Waals surface area contributed by atoms with Crippen LogP contribution in [0.25, 0.3) is 0 Å². The minimum atomic E-state index is -0.901. The van der Waals surface area contributed by atoms with Gasteiger partial charge in [0.1, 0.15) is 0 Å². The normalized spacial score (nSPS) is 13.1. The lowest BCUT2D eigenvalue weighted by molar-refractivity contribution is -0.129. The number of aromatic nitrogens is 1. The standard InChI is InChI=1S/C18H22N2O4/c1-12(9-10-15-7-5-4-6-8-15)19-17(21)14(3)23-18(22)16-11-13(2)20-24-16/h4-8,11-12,14H,9-10H2,1-3H3,(H,19,21)/t12-,14-/m1/s1. The van der Waals surface area contributed by atoms with Crippen LogP contribution in [0.15, 0.2) is 40.9 Å². The Morgan fingerprint density at radius 1 is 1.25 bits per heavy atom. The third-order valence-electron chi connectivity index (χ3n) is 3.58. The Balaban J connectivity index is 1.77. The number of aryl methyl sites for hydroxylation is 2. The second-order valence-electron chi connectivity index (χ2n) is 5.81. The summed E-state index contributed by atoms with van der Waals surface area (Å²) < 4.78 is 9.91. The lowest BCUT2D eigenvalue weighted by Crippen LogP contribution is -2.41. The average Bonchev–Trinajstić information content (AvgIpc) is 3.00. The molecule has 0 radical (unpaired) electrons. The molecule has 1 heterocycles. The van der Waals surface area contributed by atoms with Crippen LogP contribution in [0.2, 0.25) is 0 Å². The predicted octanol–water partition coefficient (Wildman–Crippen LogP) is 2.67. The van der Waals surface area contributed by atoms with Crippen LogP contribution in [0.1, 0.15) is 42.1 Å². The molecule has 1 aromatic heterocycles. The first-order chi connectivity index (χ1) is 11.5. The highest BCUT2D eigenvalue weighted by Gasteiger charge is 2.22. The Hall–Kier alpha value is -2.63. The minimum Gasteiger partial charge on any atom is -0.447 e. The maximum atomic E-state index is 12.1. The Labute approximate surface area is 141 Å². The molecule has 128 valence electrons. The van der Waals surface area contributed by atoms with Gasteiger partial charge in [-0.05, 0) is 39.2 Å². The molecule has 24 heavy (non-hydrogen) atoms. The van der Waals surface area contributed by atoms with Gasteiger partial charge in [-0.3, -0.25) is 4.79 Å². The number of carbonyl (C=O) groups excluding carboxylic acids is 2. The van der Waals surface area contributed by atoms with E-state index in [1.807, 2.05) is 25.1 Å². The molecule has 1 N–H and O–H groups in total. The van der Waals surface area contributed by atoms with Crippen LogP contribution >= 0.6 is 0 Å². The molecular weight excluding hydrogens is 308 g/mol. The summed E-state index contributed by atoms with van der Waals surface area (Å²) in [6.45, 7) is 5.15. The molecule has 0 saturated carbocycles. The molecule has 6 heteroatoms. The van der Waals surface area contributed by atoms with Crippen molar-refractivity contribution in [1.82, 2.24) is 10.5 Å². The lowest BCUT2D eigenvalue weighted by Gasteiger charge is -2.17. The number of hydrogen-bond acceptors (Lipinski definition) is 5. The van der Waals surface area contributed by atoms with E-state index in [1.54, 1.807) is 6.92 Å². The van der Waals surface area contributed by atoms with Crippen LogP contribution in [-0.2, 0) is 16.0 Å². The minimum absolute atomic E-state index is 0.00993. The maximum Gasteiger partial charge on any atom is 0.377 e. The van der Waals surface area contributed by atoms with E-state index >= 15 is 0 Å². The van der Waals surface area contributed by atoms with E-state index in [2.05, 4.69) is 22.6 Å². The highest BCUT2D eigenvalue weighted by molar-refractivity contribution is 5.90. The summed E-state index contributed by atoms with van der Waals surface area (Å²) in [6, 6.07) is 11.5. The first kappa shape index (κ1) is 17.7. The highest BCUT2D eigenvalue weighted by Crippen LogP contribution is 2.08. The zero-order chi connectivity index (χ0) is 17.5. The monoisotopic (exact) mass is 330 g/mol. The first-order valence-corrected chi connectivity index (χ1v) is 7.94. The predicted molar refractivity (Wildman–Crippen MR) is 88.5 cm³/mol. The van der Waals surface area contributed by atoms with Gasteiger partial charge in [-0.25, -0.2) is 4.79 Å². The number of benzene rings is 1. The molecule has 0 saturated heterocycles. The van der Waals surface area contributed by atoms with Crippen molar-refractivity contribution in [1.29, 1.82) is 0 Å². The number of nitrogens with one attached hydrogen (secondary N) is 1. The summed E-state index contributed by atoms with van der Waals surface area (Å²) in [7, 11) is 0. The van der Waals surface area contributed by atoms with Crippen molar-refractivity contribution in [2.24, 2.45) is 0 Å². The summed E-state index contributed by atoms with van der Waals surface area (Å²) >= 11 is 0. The van der Waals surface area contributed by atoms with Gasteiger partial charge < -0.3 is 14.6 Å². The van der Waals surface area contributed by atoms with Crippen LogP contribution in [0.5, 0.6) is 0 Å². The van der Waals surface area contributed by atoms with Gasteiger partial charge in [0, 0.05) is 12.1 Å². The highest BCUT2D eigenvalue weighted by atomic mass is 16.6. The van der Waals surface area contributed by atoms with Gasteiger partial charge in [-0.2, -0.15) is 0 Å². The third kappa shape index (κ3) is 5.22. The van der Waals surface area contributed by atoms with Crippen molar-refractivity contribution in [3.63, 3.8) is 0 Å². The smallest absolute Gasteiger partial charge is 0.377 e. The van der Waals surface area contributed by atoms with Crippen molar-refractivity contribution in [2.45, 2.75) is 45.8 Å². The van der Waals surface area contributed by atoms with Gasteiger partial charge in [-0.1, -0.05) is 35.5 Å². The molecule has 0 aliphatic carbocycles. The molecule has 2 aromatic rings. The van der Waals surface area contributed by atoms with Gasteiger partial charge in [0.2, 0.25) is 5.76 Å². The average molecular weight is 330 g/mol. The van der Waals surface area contributed by atoms with E-state index in [-0.39, 0.29) is 17.7 Å². The number of carbonyl (C=O) groups is 2. The zero-order valence-corrected chi connectivity index (χ0v) is 14.1. The molecule has 0 unspecified atom stereocenters. The molecule has 0 fully saturated rings. The van der Waals surface area contributed by atoms with Crippen molar-refractivity contribution >= 4 is 11.9 Å². The molecule has 0 aliphatic rings. The summed E-state index contributed by atoms with van der Waals surface area (Å²) in [4.78, 5) is 23.9. The van der Waals surface area contributed by atoms with Gasteiger partial charge in [-0.15, -0.1) is 0 Å². The van der Waals surface area contributed by atoms with Crippen LogP contribution in [-0.4, -0.2) is 29.2 Å². The van der Waals surface area contributed by atoms with Gasteiger partial charge in [0.15, 0.2) is 6.10 Å². The van der Waals surface area contributed by atoms with E-state index in [1.165, 1.54) is 18.6 Å². The number of ether oxygens (including phenoxy) is 1. The quantitative estimate of drug-likeness (QED) is 0.789. The van der Waals surface area contributed by atoms with Gasteiger partial charge in [0.05, 0.1) is 5.69 Å². The van der Waals surface area contributed by atoms with Crippen molar-refractivity contribution in [2.75, 3.05) is 0 Å². The SMILES string of the molecule is Cc1cc(C(=O)O[C@H](C)C(=O)N[C@H](C)CCc2ccccc2)on1. The fourth-order valence-electron chi connectivity index (χ4n) is 2.19. The van der Waals surface area contributed by atoms with Crippen LogP contribution in [0.4, 0.5) is 0 Å². The Kier molecular flexibility index (Phi) is 6.12. The molecule has 2 atom stereocenters. The zero-order valence-electron chi connectivity index (χ0n) is 14.1. The molecule has 0 bridgehead atoms. The summed E-state index contributed by atoms with van der Waals surface area (Å²) in [5.74, 6) is -1.04. The van der Waals surface area contributed by atoms with E-state index in [0.717, 1.165) is 12.8 Å². The Morgan fingerprint density at radius 2 is 1.96 bits per heavy atom. The number of esters is 1. The largest absolute Gasteiger partial charge is 0.447 e. The summed E-state index contributed by atoms with van der Waals surface area (Å²) in [5, 5.41) is 6.46. The van der Waals surface area contributed by atoms with E-state index in [4.69, 9.17) is 9.26 Å². The first-order valence-electron chi connectivity index (χ1n) is 7.94. The number of nitrogens with zero attached hydrogens (tertiary/aromatic N) is 1. The number of hydrogen-bond donors (Lipinski definition) is 1. The molecule has 6 nitrogen and oxygen atoms in total. The van der Waals surface area contributed by atoms with Gasteiger partial charge in [0.25, 0.3) is 5.91 Å². The summed E-state index contributed by atoms with van der Waals surface area (Å²) in [6.07, 6.45) is 0.771. The maximum absolute atomic E-state index is 12.1. The number of rotatable bonds is 7. The Morgan fingerprint density at radius 3 is 2.58 bits per heavy atom. The van der Waals surface area contributed by atoms with E-state index < -0.39 is 12.1 Å². The third-order valence-corrected chi connectivity index (χ3v) is 3.58. The molecule has 2 rings (SSSR count). The van der Waals surface area contributed by atoms with Crippen molar-refractivity contribution in [3.8, 4) is 0 Å². The lowest BCUT2D eigenvalue weighted by atomic mass is 10.1. The molecule has 0 aliphatic heterocycles. The molecular formula is C18H22N2O4. The van der Waals surface area contributed by atoms with Crippen LogP contribution in [0, 0.1) is 6.92 Å². The second-order valence-corrected chi connectivity index (χ2v) is 5.81. The van der Waals surface area contributed by atoms with Crippen molar-refractivity contribution < 1.29 is 18.8 Å². The summed E-state index contributed by atoms with van der Waals surface area (Å²) in [5.41, 5.74) is 1.80. The number of amides is 1. The van der Waals surface area contributed by atoms with Crippen molar-refractivity contribution in [3.05, 3.63) is 53.4 Å².